The maximum Gasteiger partial charge on any atom is 0.296 e. The second-order valence-electron chi connectivity index (χ2n) is 4.64. The summed E-state index contributed by atoms with van der Waals surface area (Å²) in [6.45, 7) is 0.0597. The first kappa shape index (κ1) is 12.6. The van der Waals surface area contributed by atoms with Crippen molar-refractivity contribution in [1.29, 1.82) is 0 Å². The topological polar surface area (TPSA) is 74.8 Å². The van der Waals surface area contributed by atoms with Crippen LogP contribution in [0.1, 0.15) is 29.0 Å². The third-order valence-electron chi connectivity index (χ3n) is 3.14. The van der Waals surface area contributed by atoms with Crippen molar-refractivity contribution in [2.24, 2.45) is 0 Å². The largest absolute Gasteiger partial charge is 0.328 e. The first-order valence-electron chi connectivity index (χ1n) is 6.13. The number of tetrazole rings is 1. The fraction of sp³-hybridized carbons (Fsp3) is 0.333. The Morgan fingerprint density at radius 3 is 2.80 bits per heavy atom. The number of nitrogens with zero attached hydrogens (tertiary/aromatic N) is 4. The van der Waals surface area contributed by atoms with Crippen LogP contribution >= 0.6 is 0 Å². The zero-order valence-corrected chi connectivity index (χ0v) is 10.4. The summed E-state index contributed by atoms with van der Waals surface area (Å²) in [7, 11) is 0. The first-order valence-corrected chi connectivity index (χ1v) is 6.13. The van der Waals surface area contributed by atoms with Gasteiger partial charge in [-0.3, -0.25) is 4.79 Å². The molecule has 8 heteroatoms. The van der Waals surface area contributed by atoms with Crippen molar-refractivity contribution in [2.75, 3.05) is 0 Å². The number of halogens is 2. The van der Waals surface area contributed by atoms with Crippen LogP contribution in [0.15, 0.2) is 18.2 Å². The number of aromatic nitrogens is 4. The number of hydrogen-bond donors (Lipinski definition) is 1. The lowest BCUT2D eigenvalue weighted by Crippen LogP contribution is -2.33. The molecule has 0 aliphatic heterocycles. The van der Waals surface area contributed by atoms with Crippen molar-refractivity contribution >= 4 is 5.91 Å². The molecule has 1 N–H and O–H groups in total. The number of aromatic amines is 1. The lowest BCUT2D eigenvalue weighted by molar-refractivity contribution is 0.0716. The summed E-state index contributed by atoms with van der Waals surface area (Å²) in [6, 6.07) is 3.36. The van der Waals surface area contributed by atoms with Crippen LogP contribution in [0, 0.1) is 11.6 Å². The van der Waals surface area contributed by atoms with Gasteiger partial charge in [0.1, 0.15) is 11.6 Å². The Labute approximate surface area is 112 Å². The Kier molecular flexibility index (Phi) is 3.13. The van der Waals surface area contributed by atoms with Crippen molar-refractivity contribution < 1.29 is 13.6 Å². The van der Waals surface area contributed by atoms with Gasteiger partial charge in [0.05, 0.1) is 0 Å². The number of carbonyl (C=O) groups is 1. The molecule has 0 spiro atoms. The number of carbonyl (C=O) groups excluding carboxylic acids is 1. The van der Waals surface area contributed by atoms with Gasteiger partial charge in [-0.05, 0) is 24.1 Å². The lowest BCUT2D eigenvalue weighted by atomic mass is 10.2. The van der Waals surface area contributed by atoms with E-state index in [1.165, 1.54) is 17.0 Å². The van der Waals surface area contributed by atoms with E-state index >= 15 is 0 Å². The average molecular weight is 279 g/mol. The van der Waals surface area contributed by atoms with Gasteiger partial charge in [0.2, 0.25) is 0 Å². The van der Waals surface area contributed by atoms with Crippen LogP contribution < -0.4 is 0 Å². The van der Waals surface area contributed by atoms with E-state index in [9.17, 15) is 13.6 Å². The van der Waals surface area contributed by atoms with Crippen molar-refractivity contribution in [3.63, 3.8) is 0 Å². The third kappa shape index (κ3) is 2.49. The minimum atomic E-state index is -0.670. The number of hydrogen-bond acceptors (Lipinski definition) is 4. The number of nitrogens with one attached hydrogen (secondary N) is 1. The second-order valence-corrected chi connectivity index (χ2v) is 4.64. The summed E-state index contributed by atoms with van der Waals surface area (Å²) in [4.78, 5) is 13.7. The second kappa shape index (κ2) is 4.95. The molecule has 1 aromatic carbocycles. The van der Waals surface area contributed by atoms with Crippen LogP contribution in [0.2, 0.25) is 0 Å². The molecule has 1 amide bonds. The number of benzene rings is 1. The van der Waals surface area contributed by atoms with E-state index in [1.54, 1.807) is 0 Å². The monoisotopic (exact) mass is 279 g/mol. The van der Waals surface area contributed by atoms with Crippen LogP contribution in [0.3, 0.4) is 0 Å². The summed E-state index contributed by atoms with van der Waals surface area (Å²) in [5.41, 5.74) is 0.259. The minimum absolute atomic E-state index is 0.0467. The summed E-state index contributed by atoms with van der Waals surface area (Å²) >= 11 is 0. The van der Waals surface area contributed by atoms with E-state index < -0.39 is 17.5 Å². The molecule has 1 aliphatic rings. The number of H-pyrrole nitrogens is 1. The molecular weight excluding hydrogens is 268 g/mol. The Morgan fingerprint density at radius 2 is 2.20 bits per heavy atom. The van der Waals surface area contributed by atoms with Gasteiger partial charge in [0, 0.05) is 24.2 Å². The van der Waals surface area contributed by atoms with Crippen LogP contribution in [-0.4, -0.2) is 37.5 Å². The standard InChI is InChI=1S/C12H11F2N5O/c13-8-2-1-7(10(14)5-8)6-19(9-3-4-9)12(20)11-15-17-18-16-11/h1-2,5,9H,3-4,6H2,(H,15,16,17,18). The maximum atomic E-state index is 13.7. The highest BCUT2D eigenvalue weighted by atomic mass is 19.1. The fourth-order valence-electron chi connectivity index (χ4n) is 1.97. The molecule has 0 atom stereocenters. The fourth-order valence-corrected chi connectivity index (χ4v) is 1.97. The van der Waals surface area contributed by atoms with Crippen molar-refractivity contribution in [3.05, 3.63) is 41.2 Å². The minimum Gasteiger partial charge on any atom is -0.328 e. The van der Waals surface area contributed by atoms with Gasteiger partial charge in [-0.25, -0.2) is 8.78 Å². The first-order chi connectivity index (χ1) is 9.65. The van der Waals surface area contributed by atoms with E-state index in [0.29, 0.717) is 0 Å². The highest BCUT2D eigenvalue weighted by molar-refractivity contribution is 5.90. The highest BCUT2D eigenvalue weighted by Crippen LogP contribution is 2.29. The van der Waals surface area contributed by atoms with Gasteiger partial charge in [-0.2, -0.15) is 5.21 Å². The predicted octanol–water partition coefficient (Wildman–Crippen LogP) is 1.28. The van der Waals surface area contributed by atoms with Gasteiger partial charge < -0.3 is 4.90 Å². The molecule has 20 heavy (non-hydrogen) atoms. The molecule has 1 fully saturated rings. The van der Waals surface area contributed by atoms with Crippen LogP contribution in [0.5, 0.6) is 0 Å². The summed E-state index contributed by atoms with van der Waals surface area (Å²) in [5.74, 6) is -1.78. The zero-order valence-electron chi connectivity index (χ0n) is 10.4. The maximum absolute atomic E-state index is 13.7. The van der Waals surface area contributed by atoms with Crippen LogP contribution in [0.4, 0.5) is 8.78 Å². The average Bonchev–Trinajstić information content (AvgIpc) is 3.11. The van der Waals surface area contributed by atoms with E-state index in [1.807, 2.05) is 0 Å². The molecule has 1 aromatic heterocycles. The molecule has 1 heterocycles. The molecule has 0 unspecified atom stereocenters. The third-order valence-corrected chi connectivity index (χ3v) is 3.14. The normalized spacial score (nSPS) is 14.3. The Balaban J connectivity index is 1.83. The van der Waals surface area contributed by atoms with E-state index in [4.69, 9.17) is 0 Å². The van der Waals surface area contributed by atoms with Gasteiger partial charge in [-0.15, -0.1) is 10.2 Å². The highest BCUT2D eigenvalue weighted by Gasteiger charge is 2.35. The molecule has 0 saturated heterocycles. The van der Waals surface area contributed by atoms with E-state index in [0.717, 1.165) is 18.9 Å². The molecule has 0 radical (unpaired) electrons. The quantitative estimate of drug-likeness (QED) is 0.915. The predicted molar refractivity (Wildman–Crippen MR) is 63.4 cm³/mol. The van der Waals surface area contributed by atoms with Gasteiger partial charge in [0.25, 0.3) is 11.7 Å². The van der Waals surface area contributed by atoms with E-state index in [-0.39, 0.29) is 24.0 Å². The van der Waals surface area contributed by atoms with Gasteiger partial charge in [0.15, 0.2) is 0 Å². The summed E-state index contributed by atoms with van der Waals surface area (Å²) < 4.78 is 26.6. The molecule has 1 saturated carbocycles. The lowest BCUT2D eigenvalue weighted by Gasteiger charge is -2.21. The smallest absolute Gasteiger partial charge is 0.296 e. The molecule has 2 aromatic rings. The molecule has 104 valence electrons. The van der Waals surface area contributed by atoms with Crippen molar-refractivity contribution in [1.82, 2.24) is 25.5 Å². The molecule has 1 aliphatic carbocycles. The van der Waals surface area contributed by atoms with Crippen molar-refractivity contribution in [2.45, 2.75) is 25.4 Å². The van der Waals surface area contributed by atoms with Crippen LogP contribution in [-0.2, 0) is 6.54 Å². The number of amides is 1. The molecule has 6 nitrogen and oxygen atoms in total. The number of rotatable bonds is 4. The summed E-state index contributed by atoms with van der Waals surface area (Å²) in [5, 5.41) is 12.8. The molecular formula is C12H11F2N5O. The Hall–Kier alpha value is -2.38. The molecule has 0 bridgehead atoms. The Morgan fingerprint density at radius 1 is 1.40 bits per heavy atom. The SMILES string of the molecule is O=C(c1nn[nH]n1)N(Cc1ccc(F)cc1F)C1CC1. The molecule has 3 rings (SSSR count). The van der Waals surface area contributed by atoms with Gasteiger partial charge in [-0.1, -0.05) is 6.07 Å². The van der Waals surface area contributed by atoms with Crippen molar-refractivity contribution in [3.8, 4) is 0 Å². The van der Waals surface area contributed by atoms with Crippen LogP contribution in [0.25, 0.3) is 0 Å². The zero-order chi connectivity index (χ0) is 14.1. The summed E-state index contributed by atoms with van der Waals surface area (Å²) in [6.07, 6.45) is 1.71. The van der Waals surface area contributed by atoms with Gasteiger partial charge >= 0.3 is 0 Å². The Bertz CT molecular complexity index is 627. The van der Waals surface area contributed by atoms with E-state index in [2.05, 4.69) is 20.6 Å².